The molecule has 1 aliphatic rings. The van der Waals surface area contributed by atoms with Gasteiger partial charge in [-0.05, 0) is 81.6 Å². The van der Waals surface area contributed by atoms with Gasteiger partial charge < -0.3 is 15.6 Å². The average molecular weight is 505 g/mol. The van der Waals surface area contributed by atoms with E-state index in [4.69, 9.17) is 4.98 Å². The predicted molar refractivity (Wildman–Crippen MR) is 139 cm³/mol. The number of carbonyl (C=O) groups is 1. The van der Waals surface area contributed by atoms with Crippen molar-refractivity contribution in [3.05, 3.63) is 64.6 Å². The van der Waals surface area contributed by atoms with Crippen LogP contribution in [0.15, 0.2) is 59.1 Å². The molecule has 6 heteroatoms. The van der Waals surface area contributed by atoms with Gasteiger partial charge in [0.05, 0.1) is 11.0 Å². The molecule has 1 aromatic heterocycles. The third-order valence-electron chi connectivity index (χ3n) is 6.36. The van der Waals surface area contributed by atoms with Crippen LogP contribution in [0.5, 0.6) is 0 Å². The summed E-state index contributed by atoms with van der Waals surface area (Å²) >= 11 is 3.66. The number of H-pyrrole nitrogens is 1. The summed E-state index contributed by atoms with van der Waals surface area (Å²) in [5, 5.41) is 9.25. The van der Waals surface area contributed by atoms with Crippen molar-refractivity contribution < 1.29 is 4.79 Å². The van der Waals surface area contributed by atoms with Crippen molar-refractivity contribution in [2.75, 3.05) is 0 Å². The number of carbonyl (C=O) groups excluding carboxylic acids is 1. The van der Waals surface area contributed by atoms with E-state index >= 15 is 0 Å². The molecule has 1 fully saturated rings. The number of amides is 1. The molecule has 33 heavy (non-hydrogen) atoms. The highest BCUT2D eigenvalue weighted by Crippen LogP contribution is 2.31. The van der Waals surface area contributed by atoms with Crippen LogP contribution in [0.25, 0.3) is 33.2 Å². The van der Waals surface area contributed by atoms with Crippen LogP contribution in [-0.2, 0) is 0 Å². The predicted octanol–water partition coefficient (Wildman–Crippen LogP) is 6.18. The van der Waals surface area contributed by atoms with E-state index in [1.165, 1.54) is 10.8 Å². The third-order valence-corrected chi connectivity index (χ3v) is 7.02. The molecular formula is C27H29BrN4O. The van der Waals surface area contributed by atoms with Gasteiger partial charge >= 0.3 is 0 Å². The Labute approximate surface area is 202 Å². The van der Waals surface area contributed by atoms with Crippen molar-refractivity contribution >= 4 is 43.6 Å². The van der Waals surface area contributed by atoms with Gasteiger partial charge in [-0.15, -0.1) is 0 Å². The van der Waals surface area contributed by atoms with Crippen molar-refractivity contribution in [2.24, 2.45) is 0 Å². The number of halogens is 1. The molecule has 0 radical (unpaired) electrons. The monoisotopic (exact) mass is 504 g/mol. The lowest BCUT2D eigenvalue weighted by Crippen LogP contribution is -2.62. The zero-order chi connectivity index (χ0) is 23.4. The van der Waals surface area contributed by atoms with Crippen LogP contribution in [0.4, 0.5) is 0 Å². The lowest BCUT2D eigenvalue weighted by Gasteiger charge is -2.46. The van der Waals surface area contributed by atoms with Gasteiger partial charge in [-0.2, -0.15) is 0 Å². The van der Waals surface area contributed by atoms with E-state index in [1.54, 1.807) is 0 Å². The van der Waals surface area contributed by atoms with E-state index in [0.29, 0.717) is 5.56 Å². The fourth-order valence-electron chi connectivity index (χ4n) is 5.37. The lowest BCUT2D eigenvalue weighted by molar-refractivity contribution is 0.0873. The Balaban J connectivity index is 1.39. The first-order valence-electron chi connectivity index (χ1n) is 11.4. The van der Waals surface area contributed by atoms with Crippen molar-refractivity contribution in [3.8, 4) is 11.4 Å². The molecule has 1 aliphatic heterocycles. The first kappa shape index (κ1) is 22.1. The van der Waals surface area contributed by atoms with Gasteiger partial charge in [-0.25, -0.2) is 4.98 Å². The summed E-state index contributed by atoms with van der Waals surface area (Å²) < 4.78 is 0.838. The molecule has 0 unspecified atom stereocenters. The minimum atomic E-state index is -0.0448. The second kappa shape index (κ2) is 7.96. The number of fused-ring (bicyclic) bond motifs is 2. The SMILES string of the molecule is CC1(C)CC(NC(=O)c2ccc(-c3nc4cc5ccccc5cc4[nH]3)c(Br)c2)CC(C)(C)N1. The number of imidazole rings is 1. The highest BCUT2D eigenvalue weighted by Gasteiger charge is 2.38. The van der Waals surface area contributed by atoms with E-state index in [-0.39, 0.29) is 23.0 Å². The van der Waals surface area contributed by atoms with E-state index in [9.17, 15) is 4.79 Å². The zero-order valence-electron chi connectivity index (χ0n) is 19.4. The number of piperidine rings is 1. The minimum absolute atomic E-state index is 0.0176. The number of nitrogens with zero attached hydrogens (tertiary/aromatic N) is 1. The van der Waals surface area contributed by atoms with Crippen LogP contribution in [0.2, 0.25) is 0 Å². The standard InChI is InChI=1S/C27H29BrN4O/c1-26(2)14-19(15-27(3,4)32-26)29-25(33)18-9-10-20(21(28)11-18)24-30-22-12-16-7-5-6-8-17(16)13-23(22)31-24/h5-13,19,32H,14-15H2,1-4H3,(H,29,33)(H,30,31). The van der Waals surface area contributed by atoms with E-state index in [0.717, 1.165) is 39.7 Å². The molecule has 0 atom stereocenters. The molecule has 0 spiro atoms. The quantitative estimate of drug-likeness (QED) is 0.311. The molecule has 0 aliphatic carbocycles. The molecular weight excluding hydrogens is 476 g/mol. The smallest absolute Gasteiger partial charge is 0.251 e. The Kier molecular flexibility index (Phi) is 5.33. The fourth-order valence-corrected chi connectivity index (χ4v) is 5.93. The minimum Gasteiger partial charge on any atom is -0.349 e. The number of hydrogen-bond donors (Lipinski definition) is 3. The van der Waals surface area contributed by atoms with Gasteiger partial charge in [0.1, 0.15) is 5.82 Å². The van der Waals surface area contributed by atoms with E-state index in [2.05, 4.69) is 83.5 Å². The van der Waals surface area contributed by atoms with Crippen LogP contribution >= 0.6 is 15.9 Å². The Morgan fingerprint density at radius 1 is 1.00 bits per heavy atom. The lowest BCUT2D eigenvalue weighted by atomic mass is 9.79. The Morgan fingerprint density at radius 2 is 1.67 bits per heavy atom. The largest absolute Gasteiger partial charge is 0.349 e. The Morgan fingerprint density at radius 3 is 2.33 bits per heavy atom. The summed E-state index contributed by atoms with van der Waals surface area (Å²) in [5.74, 6) is 0.734. The number of aromatic amines is 1. The highest BCUT2D eigenvalue weighted by molar-refractivity contribution is 9.10. The first-order valence-corrected chi connectivity index (χ1v) is 12.2. The number of benzene rings is 3. The zero-order valence-corrected chi connectivity index (χ0v) is 21.0. The van der Waals surface area contributed by atoms with Crippen LogP contribution in [-0.4, -0.2) is 33.0 Å². The number of aromatic nitrogens is 2. The summed E-state index contributed by atoms with van der Waals surface area (Å²) in [6, 6.07) is 18.3. The van der Waals surface area contributed by atoms with Crippen LogP contribution in [0.3, 0.4) is 0 Å². The van der Waals surface area contributed by atoms with Crippen molar-refractivity contribution in [2.45, 2.75) is 57.7 Å². The molecule has 5 rings (SSSR count). The normalized spacial score (nSPS) is 18.0. The Bertz CT molecular complexity index is 1300. The van der Waals surface area contributed by atoms with Crippen LogP contribution in [0.1, 0.15) is 50.9 Å². The number of rotatable bonds is 3. The maximum atomic E-state index is 13.0. The summed E-state index contributed by atoms with van der Waals surface area (Å²) in [6.45, 7) is 8.76. The van der Waals surface area contributed by atoms with E-state index < -0.39 is 0 Å². The van der Waals surface area contributed by atoms with Crippen LogP contribution in [0, 0.1) is 0 Å². The number of nitrogens with one attached hydrogen (secondary N) is 3. The van der Waals surface area contributed by atoms with Crippen molar-refractivity contribution in [3.63, 3.8) is 0 Å². The third kappa shape index (κ3) is 4.55. The molecule has 2 heterocycles. The van der Waals surface area contributed by atoms with Crippen molar-refractivity contribution in [1.82, 2.24) is 20.6 Å². The summed E-state index contributed by atoms with van der Waals surface area (Å²) in [6.07, 6.45) is 1.80. The number of hydrogen-bond acceptors (Lipinski definition) is 3. The Hall–Kier alpha value is -2.70. The highest BCUT2D eigenvalue weighted by atomic mass is 79.9. The molecule has 1 saturated heterocycles. The maximum Gasteiger partial charge on any atom is 0.251 e. The first-order chi connectivity index (χ1) is 15.6. The topological polar surface area (TPSA) is 69.8 Å². The van der Waals surface area contributed by atoms with Gasteiger partial charge in [0.2, 0.25) is 0 Å². The molecule has 170 valence electrons. The molecule has 1 amide bonds. The van der Waals surface area contributed by atoms with E-state index in [1.807, 2.05) is 30.3 Å². The molecule has 0 bridgehead atoms. The molecule has 0 saturated carbocycles. The van der Waals surface area contributed by atoms with Gasteiger partial charge in [-0.3, -0.25) is 4.79 Å². The maximum absolute atomic E-state index is 13.0. The van der Waals surface area contributed by atoms with Gasteiger partial charge in [-0.1, -0.05) is 40.2 Å². The van der Waals surface area contributed by atoms with Gasteiger partial charge in [0, 0.05) is 32.7 Å². The van der Waals surface area contributed by atoms with Crippen molar-refractivity contribution in [1.29, 1.82) is 0 Å². The second-order valence-electron chi connectivity index (χ2n) is 10.5. The van der Waals surface area contributed by atoms with Gasteiger partial charge in [0.25, 0.3) is 5.91 Å². The second-order valence-corrected chi connectivity index (χ2v) is 11.3. The molecule has 3 aromatic carbocycles. The molecule has 5 nitrogen and oxygen atoms in total. The summed E-state index contributed by atoms with van der Waals surface area (Å²) in [4.78, 5) is 21.3. The summed E-state index contributed by atoms with van der Waals surface area (Å²) in [5.41, 5.74) is 3.45. The molecule has 4 aromatic rings. The fraction of sp³-hybridized carbons (Fsp3) is 0.333. The van der Waals surface area contributed by atoms with Gasteiger partial charge in [0.15, 0.2) is 0 Å². The van der Waals surface area contributed by atoms with Crippen LogP contribution < -0.4 is 10.6 Å². The molecule has 3 N–H and O–H groups in total. The summed E-state index contributed by atoms with van der Waals surface area (Å²) in [7, 11) is 0. The average Bonchev–Trinajstić information content (AvgIpc) is 3.11.